The minimum atomic E-state index is -0.494. The minimum absolute atomic E-state index is 0.297. The molecule has 2 rings (SSSR count). The molecule has 0 aliphatic heterocycles. The first kappa shape index (κ1) is 14.9. The molecule has 1 aliphatic carbocycles. The average molecular weight is 327 g/mol. The predicted molar refractivity (Wildman–Crippen MR) is 81.4 cm³/mol. The van der Waals surface area contributed by atoms with Gasteiger partial charge < -0.3 is 9.84 Å². The maximum atomic E-state index is 9.85. The Labute approximate surface area is 124 Å². The molecule has 1 aromatic carbocycles. The van der Waals surface area contributed by atoms with Crippen LogP contribution in [0, 0.1) is 5.92 Å². The molecule has 3 atom stereocenters. The van der Waals surface area contributed by atoms with Gasteiger partial charge in [0.25, 0.3) is 0 Å². The number of aliphatic hydroxyl groups excluding tert-OH is 1. The Hall–Kier alpha value is -0.540. The number of aliphatic hydroxyl groups is 1. The van der Waals surface area contributed by atoms with Crippen molar-refractivity contribution in [3.8, 4) is 5.75 Å². The molecule has 1 aromatic rings. The number of halogens is 1. The molecule has 0 saturated heterocycles. The van der Waals surface area contributed by atoms with Gasteiger partial charge in [0, 0.05) is 10.0 Å². The van der Waals surface area contributed by atoms with Gasteiger partial charge in [-0.15, -0.1) is 0 Å². The number of ether oxygens (including phenoxy) is 1. The lowest BCUT2D eigenvalue weighted by Crippen LogP contribution is -2.30. The highest BCUT2D eigenvalue weighted by molar-refractivity contribution is 9.10. The smallest absolute Gasteiger partial charge is 0.126 e. The maximum Gasteiger partial charge on any atom is 0.126 e. The highest BCUT2D eigenvalue weighted by Crippen LogP contribution is 2.34. The van der Waals surface area contributed by atoms with Gasteiger partial charge in [-0.05, 0) is 50.7 Å². The molecular weight excluding hydrogens is 304 g/mol. The Morgan fingerprint density at radius 2 is 2.11 bits per heavy atom. The van der Waals surface area contributed by atoms with Crippen LogP contribution in [0.4, 0.5) is 0 Å². The quantitative estimate of drug-likeness (QED) is 0.856. The van der Waals surface area contributed by atoms with Crippen molar-refractivity contribution in [2.75, 3.05) is 0 Å². The van der Waals surface area contributed by atoms with Crippen molar-refractivity contribution in [1.29, 1.82) is 0 Å². The molecule has 1 fully saturated rings. The molecule has 0 bridgehead atoms. The van der Waals surface area contributed by atoms with Crippen molar-refractivity contribution in [2.45, 2.75) is 58.2 Å². The molecule has 1 saturated carbocycles. The van der Waals surface area contributed by atoms with Crippen molar-refractivity contribution in [3.05, 3.63) is 28.2 Å². The van der Waals surface area contributed by atoms with Gasteiger partial charge >= 0.3 is 0 Å². The van der Waals surface area contributed by atoms with E-state index in [4.69, 9.17) is 4.74 Å². The number of benzene rings is 1. The van der Waals surface area contributed by atoms with Crippen molar-refractivity contribution >= 4 is 15.9 Å². The number of rotatable bonds is 4. The van der Waals surface area contributed by atoms with E-state index in [-0.39, 0.29) is 0 Å². The second kappa shape index (κ2) is 6.76. The molecule has 1 aliphatic rings. The Morgan fingerprint density at radius 3 is 2.79 bits per heavy atom. The van der Waals surface area contributed by atoms with Crippen molar-refractivity contribution < 1.29 is 9.84 Å². The SMILES string of the molecule is CCC1CCCCC1Oc1cc(Br)ccc1C(C)O. The lowest BCUT2D eigenvalue weighted by atomic mass is 9.84. The van der Waals surface area contributed by atoms with E-state index in [1.165, 1.54) is 25.7 Å². The molecular formula is C16H23BrO2. The van der Waals surface area contributed by atoms with E-state index in [2.05, 4.69) is 22.9 Å². The van der Waals surface area contributed by atoms with Crippen LogP contribution in [0.15, 0.2) is 22.7 Å². The standard InChI is InChI=1S/C16H23BrO2/c1-3-12-6-4-5-7-15(12)19-16-10-13(17)8-9-14(16)11(2)18/h8-12,15,18H,3-7H2,1-2H3. The second-order valence-corrected chi connectivity index (χ2v) is 6.38. The molecule has 0 aromatic heterocycles. The third-order valence-corrected chi connectivity index (χ3v) is 4.56. The van der Waals surface area contributed by atoms with Crippen LogP contribution in [0.2, 0.25) is 0 Å². The topological polar surface area (TPSA) is 29.5 Å². The number of hydrogen-bond donors (Lipinski definition) is 1. The van der Waals surface area contributed by atoms with Crippen molar-refractivity contribution in [3.63, 3.8) is 0 Å². The van der Waals surface area contributed by atoms with E-state index in [0.717, 1.165) is 22.2 Å². The zero-order chi connectivity index (χ0) is 13.8. The molecule has 3 heteroatoms. The van der Waals surface area contributed by atoms with Crippen molar-refractivity contribution in [2.24, 2.45) is 5.92 Å². The summed E-state index contributed by atoms with van der Waals surface area (Å²) < 4.78 is 7.24. The maximum absolute atomic E-state index is 9.85. The van der Waals surface area contributed by atoms with E-state index in [1.807, 2.05) is 18.2 Å². The third kappa shape index (κ3) is 3.73. The predicted octanol–water partition coefficient (Wildman–Crippen LogP) is 4.85. The largest absolute Gasteiger partial charge is 0.490 e. The van der Waals surface area contributed by atoms with Gasteiger partial charge in [0.15, 0.2) is 0 Å². The Bertz CT molecular complexity index is 417. The van der Waals surface area contributed by atoms with Crippen LogP contribution >= 0.6 is 15.9 Å². The zero-order valence-corrected chi connectivity index (χ0v) is 13.3. The summed E-state index contributed by atoms with van der Waals surface area (Å²) in [6.07, 6.45) is 5.93. The van der Waals surface area contributed by atoms with E-state index in [1.54, 1.807) is 6.92 Å². The molecule has 3 unspecified atom stereocenters. The monoisotopic (exact) mass is 326 g/mol. The molecule has 0 heterocycles. The van der Waals surface area contributed by atoms with E-state index in [9.17, 15) is 5.11 Å². The molecule has 1 N–H and O–H groups in total. The first-order valence-corrected chi connectivity index (χ1v) is 8.05. The fourth-order valence-electron chi connectivity index (χ4n) is 2.91. The summed E-state index contributed by atoms with van der Waals surface area (Å²) in [7, 11) is 0. The zero-order valence-electron chi connectivity index (χ0n) is 11.7. The fourth-order valence-corrected chi connectivity index (χ4v) is 3.25. The first-order chi connectivity index (χ1) is 9.11. The normalized spacial score (nSPS) is 25.1. The summed E-state index contributed by atoms with van der Waals surface area (Å²) in [6.45, 7) is 4.02. The van der Waals surface area contributed by atoms with Crippen LogP contribution in [0.5, 0.6) is 5.75 Å². The number of hydrogen-bond acceptors (Lipinski definition) is 2. The van der Waals surface area contributed by atoms with Crippen molar-refractivity contribution in [1.82, 2.24) is 0 Å². The van der Waals surface area contributed by atoms with Gasteiger partial charge in [0.1, 0.15) is 11.9 Å². The van der Waals surface area contributed by atoms with Crippen LogP contribution < -0.4 is 4.74 Å². The molecule has 0 spiro atoms. The summed E-state index contributed by atoms with van der Waals surface area (Å²) in [5.41, 5.74) is 0.878. The summed E-state index contributed by atoms with van der Waals surface area (Å²) in [5.74, 6) is 1.48. The summed E-state index contributed by atoms with van der Waals surface area (Å²) in [5, 5.41) is 9.85. The molecule has 0 radical (unpaired) electrons. The first-order valence-electron chi connectivity index (χ1n) is 7.26. The lowest BCUT2D eigenvalue weighted by molar-refractivity contribution is 0.0854. The van der Waals surface area contributed by atoms with Crippen LogP contribution in [0.1, 0.15) is 57.6 Å². The summed E-state index contributed by atoms with van der Waals surface area (Å²) >= 11 is 3.48. The highest BCUT2D eigenvalue weighted by Gasteiger charge is 2.26. The molecule has 2 nitrogen and oxygen atoms in total. The van der Waals surface area contributed by atoms with Crippen LogP contribution in [-0.2, 0) is 0 Å². The Kier molecular flexibility index (Phi) is 5.28. The van der Waals surface area contributed by atoms with Gasteiger partial charge in [0.05, 0.1) is 6.10 Å². The van der Waals surface area contributed by atoms with Gasteiger partial charge in [-0.3, -0.25) is 0 Å². The summed E-state index contributed by atoms with van der Waals surface area (Å²) in [6, 6.07) is 5.87. The minimum Gasteiger partial charge on any atom is -0.490 e. The van der Waals surface area contributed by atoms with Crippen LogP contribution in [0.3, 0.4) is 0 Å². The summed E-state index contributed by atoms with van der Waals surface area (Å²) in [4.78, 5) is 0. The van der Waals surface area contributed by atoms with E-state index in [0.29, 0.717) is 12.0 Å². The van der Waals surface area contributed by atoms with Crippen LogP contribution in [-0.4, -0.2) is 11.2 Å². The van der Waals surface area contributed by atoms with E-state index >= 15 is 0 Å². The lowest BCUT2D eigenvalue weighted by Gasteiger charge is -2.32. The van der Waals surface area contributed by atoms with Gasteiger partial charge in [0.2, 0.25) is 0 Å². The Balaban J connectivity index is 2.19. The van der Waals surface area contributed by atoms with Gasteiger partial charge in [-0.1, -0.05) is 35.3 Å². The molecule has 106 valence electrons. The molecule has 19 heavy (non-hydrogen) atoms. The third-order valence-electron chi connectivity index (χ3n) is 4.07. The van der Waals surface area contributed by atoms with Crippen LogP contribution in [0.25, 0.3) is 0 Å². The second-order valence-electron chi connectivity index (χ2n) is 5.47. The van der Waals surface area contributed by atoms with Gasteiger partial charge in [-0.2, -0.15) is 0 Å². The Morgan fingerprint density at radius 1 is 1.37 bits per heavy atom. The van der Waals surface area contributed by atoms with Gasteiger partial charge in [-0.25, -0.2) is 0 Å². The highest BCUT2D eigenvalue weighted by atomic mass is 79.9. The van der Waals surface area contributed by atoms with E-state index < -0.39 is 6.10 Å². The fraction of sp³-hybridized carbons (Fsp3) is 0.625. The molecule has 0 amide bonds. The average Bonchev–Trinajstić information content (AvgIpc) is 2.39.